The van der Waals surface area contributed by atoms with Crippen LogP contribution in [0.15, 0.2) is 23.1 Å². The molecule has 0 amide bonds. The van der Waals surface area contributed by atoms with Crippen LogP contribution < -0.4 is 5.73 Å². The van der Waals surface area contributed by atoms with Crippen LogP contribution in [-0.2, 0) is 10.0 Å². The third-order valence-electron chi connectivity index (χ3n) is 3.29. The Morgan fingerprint density at radius 3 is 2.71 bits per heavy atom. The smallest absolute Gasteiger partial charge is 0.243 e. The van der Waals surface area contributed by atoms with Crippen molar-refractivity contribution in [2.24, 2.45) is 0 Å². The first-order chi connectivity index (χ1) is 7.93. The van der Waals surface area contributed by atoms with Gasteiger partial charge in [0.2, 0.25) is 10.0 Å². The second-order valence-electron chi connectivity index (χ2n) is 4.63. The molecule has 1 aliphatic rings. The highest BCUT2D eigenvalue weighted by atomic mass is 32.2. The number of nitrogens with zero attached hydrogens (tertiary/aromatic N) is 1. The van der Waals surface area contributed by atoms with Gasteiger partial charge in [0.05, 0.1) is 4.90 Å². The van der Waals surface area contributed by atoms with Crippen molar-refractivity contribution in [2.75, 3.05) is 12.3 Å². The predicted molar refractivity (Wildman–Crippen MR) is 68.2 cm³/mol. The van der Waals surface area contributed by atoms with Crippen molar-refractivity contribution in [2.45, 2.75) is 37.6 Å². The molecule has 0 aromatic heterocycles. The van der Waals surface area contributed by atoms with Crippen LogP contribution in [0.1, 0.15) is 25.3 Å². The molecule has 1 unspecified atom stereocenters. The van der Waals surface area contributed by atoms with Gasteiger partial charge in [0.25, 0.3) is 0 Å². The van der Waals surface area contributed by atoms with Gasteiger partial charge in [0.1, 0.15) is 0 Å². The van der Waals surface area contributed by atoms with E-state index in [2.05, 4.69) is 0 Å². The van der Waals surface area contributed by atoms with Crippen molar-refractivity contribution in [3.05, 3.63) is 23.8 Å². The van der Waals surface area contributed by atoms with Gasteiger partial charge in [-0.05, 0) is 44.4 Å². The van der Waals surface area contributed by atoms with E-state index in [0.717, 1.165) is 18.4 Å². The van der Waals surface area contributed by atoms with E-state index in [1.54, 1.807) is 29.4 Å². The number of nitrogens with two attached hydrogens (primary N) is 1. The third-order valence-corrected chi connectivity index (χ3v) is 5.45. The molecule has 0 saturated carbocycles. The maximum Gasteiger partial charge on any atom is 0.243 e. The molecule has 1 heterocycles. The maximum atomic E-state index is 12.5. The van der Waals surface area contributed by atoms with Crippen LogP contribution in [0.4, 0.5) is 5.69 Å². The quantitative estimate of drug-likeness (QED) is 0.818. The van der Waals surface area contributed by atoms with E-state index in [-0.39, 0.29) is 6.04 Å². The second-order valence-corrected chi connectivity index (χ2v) is 6.49. The average Bonchev–Trinajstić information content (AvgIpc) is 2.68. The van der Waals surface area contributed by atoms with Crippen molar-refractivity contribution in [3.63, 3.8) is 0 Å². The Bertz CT molecular complexity index is 525. The number of sulfonamides is 1. The number of hydrogen-bond acceptors (Lipinski definition) is 3. The summed E-state index contributed by atoms with van der Waals surface area (Å²) in [6.45, 7) is 4.36. The highest BCUT2D eigenvalue weighted by molar-refractivity contribution is 7.89. The van der Waals surface area contributed by atoms with Crippen LogP contribution in [0.2, 0.25) is 0 Å². The van der Waals surface area contributed by atoms with Gasteiger partial charge in [-0.25, -0.2) is 8.42 Å². The van der Waals surface area contributed by atoms with Gasteiger partial charge in [-0.1, -0.05) is 6.07 Å². The number of nitrogen functional groups attached to an aromatic ring is 1. The molecule has 17 heavy (non-hydrogen) atoms. The summed E-state index contributed by atoms with van der Waals surface area (Å²) in [5.41, 5.74) is 6.91. The Balaban J connectivity index is 2.48. The highest BCUT2D eigenvalue weighted by Gasteiger charge is 2.33. The molecule has 0 aliphatic carbocycles. The minimum Gasteiger partial charge on any atom is -0.399 e. The van der Waals surface area contributed by atoms with E-state index in [4.69, 9.17) is 5.73 Å². The van der Waals surface area contributed by atoms with E-state index >= 15 is 0 Å². The molecule has 0 bridgehead atoms. The number of anilines is 1. The molecule has 2 N–H and O–H groups in total. The summed E-state index contributed by atoms with van der Waals surface area (Å²) in [5, 5.41) is 0. The van der Waals surface area contributed by atoms with E-state index in [1.807, 2.05) is 6.92 Å². The molecular weight excluding hydrogens is 236 g/mol. The van der Waals surface area contributed by atoms with Gasteiger partial charge >= 0.3 is 0 Å². The van der Waals surface area contributed by atoms with Gasteiger partial charge < -0.3 is 5.73 Å². The lowest BCUT2D eigenvalue weighted by Gasteiger charge is -2.22. The second kappa shape index (κ2) is 4.31. The fourth-order valence-electron chi connectivity index (χ4n) is 2.28. The fraction of sp³-hybridized carbons (Fsp3) is 0.500. The largest absolute Gasteiger partial charge is 0.399 e. The van der Waals surface area contributed by atoms with Crippen molar-refractivity contribution in [3.8, 4) is 0 Å². The topological polar surface area (TPSA) is 63.4 Å². The third kappa shape index (κ3) is 2.17. The highest BCUT2D eigenvalue weighted by Crippen LogP contribution is 2.28. The van der Waals surface area contributed by atoms with Gasteiger partial charge in [0.15, 0.2) is 0 Å². The summed E-state index contributed by atoms with van der Waals surface area (Å²) < 4.78 is 26.6. The molecule has 4 nitrogen and oxygen atoms in total. The Labute approximate surface area is 102 Å². The van der Waals surface area contributed by atoms with E-state index < -0.39 is 10.0 Å². The minimum absolute atomic E-state index is 0.0841. The summed E-state index contributed by atoms with van der Waals surface area (Å²) in [4.78, 5) is 0.339. The Morgan fingerprint density at radius 1 is 1.41 bits per heavy atom. The van der Waals surface area contributed by atoms with E-state index in [0.29, 0.717) is 17.1 Å². The first kappa shape index (κ1) is 12.4. The molecule has 1 fully saturated rings. The van der Waals surface area contributed by atoms with Crippen LogP contribution in [0.3, 0.4) is 0 Å². The van der Waals surface area contributed by atoms with Crippen LogP contribution in [0.25, 0.3) is 0 Å². The van der Waals surface area contributed by atoms with Crippen LogP contribution >= 0.6 is 0 Å². The van der Waals surface area contributed by atoms with Crippen LogP contribution in [0, 0.1) is 6.92 Å². The van der Waals surface area contributed by atoms with Gasteiger partial charge in [-0.3, -0.25) is 0 Å². The van der Waals surface area contributed by atoms with Crippen molar-refractivity contribution in [1.29, 1.82) is 0 Å². The van der Waals surface area contributed by atoms with Crippen molar-refractivity contribution >= 4 is 15.7 Å². The SMILES string of the molecule is Cc1ccc(N)cc1S(=O)(=O)N1CCCC1C. The van der Waals surface area contributed by atoms with Crippen molar-refractivity contribution < 1.29 is 8.42 Å². The van der Waals surface area contributed by atoms with Gasteiger partial charge in [-0.2, -0.15) is 4.31 Å². The Kier molecular flexibility index (Phi) is 3.14. The minimum atomic E-state index is -3.39. The van der Waals surface area contributed by atoms with Crippen LogP contribution in [-0.4, -0.2) is 25.3 Å². The molecule has 0 spiro atoms. The number of benzene rings is 1. The monoisotopic (exact) mass is 254 g/mol. The zero-order chi connectivity index (χ0) is 12.6. The Hall–Kier alpha value is -1.07. The molecule has 1 atom stereocenters. The molecule has 94 valence electrons. The molecule has 1 aliphatic heterocycles. The number of aryl methyl sites for hydroxylation is 1. The lowest BCUT2D eigenvalue weighted by atomic mass is 10.2. The average molecular weight is 254 g/mol. The van der Waals surface area contributed by atoms with E-state index in [9.17, 15) is 8.42 Å². The summed E-state index contributed by atoms with van der Waals surface area (Å²) in [6.07, 6.45) is 1.86. The zero-order valence-electron chi connectivity index (χ0n) is 10.2. The lowest BCUT2D eigenvalue weighted by molar-refractivity contribution is 0.408. The van der Waals surface area contributed by atoms with Gasteiger partial charge in [-0.15, -0.1) is 0 Å². The van der Waals surface area contributed by atoms with Crippen molar-refractivity contribution in [1.82, 2.24) is 4.31 Å². The standard InChI is InChI=1S/C12H18N2O2S/c1-9-5-6-11(13)8-12(9)17(15,16)14-7-3-4-10(14)2/h5-6,8,10H,3-4,7,13H2,1-2H3. The summed E-state index contributed by atoms with van der Waals surface area (Å²) >= 11 is 0. The summed E-state index contributed by atoms with van der Waals surface area (Å²) in [6, 6.07) is 5.11. The summed E-state index contributed by atoms with van der Waals surface area (Å²) in [5.74, 6) is 0. The predicted octanol–water partition coefficient (Wildman–Crippen LogP) is 1.75. The normalized spacial score (nSPS) is 21.9. The van der Waals surface area contributed by atoms with Crippen LogP contribution in [0.5, 0.6) is 0 Å². The molecule has 5 heteroatoms. The molecule has 2 rings (SSSR count). The molecule has 1 aromatic carbocycles. The fourth-order valence-corrected chi connectivity index (χ4v) is 4.25. The number of hydrogen-bond donors (Lipinski definition) is 1. The van der Waals surface area contributed by atoms with Gasteiger partial charge in [0, 0.05) is 18.3 Å². The maximum absolute atomic E-state index is 12.5. The molecule has 1 aromatic rings. The number of rotatable bonds is 2. The first-order valence-electron chi connectivity index (χ1n) is 5.81. The zero-order valence-corrected chi connectivity index (χ0v) is 11.0. The lowest BCUT2D eigenvalue weighted by Crippen LogP contribution is -2.34. The molecule has 1 saturated heterocycles. The molecular formula is C12H18N2O2S. The molecule has 0 radical (unpaired) electrons. The summed E-state index contributed by atoms with van der Waals surface area (Å²) in [7, 11) is -3.39. The Morgan fingerprint density at radius 2 is 2.12 bits per heavy atom. The first-order valence-corrected chi connectivity index (χ1v) is 7.25. The van der Waals surface area contributed by atoms with E-state index in [1.165, 1.54) is 0 Å².